The molecule has 1 aliphatic carbocycles. The molecule has 3 aromatic rings. The summed E-state index contributed by atoms with van der Waals surface area (Å²) in [4.78, 5) is 19.5. The first-order chi connectivity index (χ1) is 11.8. The van der Waals surface area contributed by atoms with E-state index >= 15 is 0 Å². The van der Waals surface area contributed by atoms with Gasteiger partial charge in [-0.2, -0.15) is 0 Å². The number of nitrogens with zero attached hydrogens (tertiary/aromatic N) is 2. The first kappa shape index (κ1) is 15.3. The Hall–Kier alpha value is -2.20. The Morgan fingerprint density at radius 3 is 2.54 bits per heavy atom. The van der Waals surface area contributed by atoms with Crippen LogP contribution in [0.5, 0.6) is 0 Å². The zero-order valence-electron chi connectivity index (χ0n) is 13.5. The van der Waals surface area contributed by atoms with Gasteiger partial charge < -0.3 is 0 Å². The number of carbonyl (C=O) groups excluding carboxylic acids is 1. The van der Waals surface area contributed by atoms with Crippen LogP contribution >= 0.6 is 11.3 Å². The van der Waals surface area contributed by atoms with E-state index in [4.69, 9.17) is 4.98 Å². The highest BCUT2D eigenvalue weighted by atomic mass is 32.1. The summed E-state index contributed by atoms with van der Waals surface area (Å²) in [7, 11) is 0. The standard InChI is InChI=1S/C20H20N2OS/c23-19(16-9-6-10-16)22(14-13-15-7-2-1-3-8-15)20-21-17-11-4-5-12-18(17)24-20/h1-5,7-8,11-12,16H,6,9-10,13-14H2. The van der Waals surface area contributed by atoms with Gasteiger partial charge in [0.1, 0.15) is 0 Å². The van der Waals surface area contributed by atoms with Gasteiger partial charge in [0.15, 0.2) is 5.13 Å². The fourth-order valence-corrected chi connectivity index (χ4v) is 4.03. The fourth-order valence-electron chi connectivity index (χ4n) is 3.04. The van der Waals surface area contributed by atoms with E-state index in [-0.39, 0.29) is 11.8 Å². The van der Waals surface area contributed by atoms with Gasteiger partial charge in [0.25, 0.3) is 0 Å². The number of rotatable bonds is 5. The summed E-state index contributed by atoms with van der Waals surface area (Å²) >= 11 is 1.61. The average Bonchev–Trinajstić information content (AvgIpc) is 2.98. The van der Waals surface area contributed by atoms with Crippen molar-refractivity contribution in [3.63, 3.8) is 0 Å². The van der Waals surface area contributed by atoms with Crippen molar-refractivity contribution in [3.05, 3.63) is 60.2 Å². The van der Waals surface area contributed by atoms with E-state index in [0.717, 1.165) is 34.6 Å². The van der Waals surface area contributed by atoms with Gasteiger partial charge in [-0.3, -0.25) is 9.69 Å². The Balaban J connectivity index is 1.60. The summed E-state index contributed by atoms with van der Waals surface area (Å²) in [6.07, 6.45) is 4.06. The van der Waals surface area contributed by atoms with Crippen LogP contribution in [0.3, 0.4) is 0 Å². The van der Waals surface area contributed by atoms with Crippen molar-refractivity contribution in [3.8, 4) is 0 Å². The third-order valence-corrected chi connectivity index (χ3v) is 5.76. The van der Waals surface area contributed by atoms with Crippen molar-refractivity contribution in [1.82, 2.24) is 4.98 Å². The van der Waals surface area contributed by atoms with E-state index in [1.165, 1.54) is 12.0 Å². The lowest BCUT2D eigenvalue weighted by molar-refractivity contribution is -0.124. The van der Waals surface area contributed by atoms with Crippen LogP contribution in [-0.2, 0) is 11.2 Å². The summed E-state index contributed by atoms with van der Waals surface area (Å²) in [5, 5.41) is 0.837. The molecule has 0 spiro atoms. The monoisotopic (exact) mass is 336 g/mol. The molecule has 24 heavy (non-hydrogen) atoms. The van der Waals surface area contributed by atoms with Crippen LogP contribution in [0.15, 0.2) is 54.6 Å². The normalized spacial score (nSPS) is 14.5. The molecular weight excluding hydrogens is 316 g/mol. The Morgan fingerprint density at radius 2 is 1.83 bits per heavy atom. The van der Waals surface area contributed by atoms with Crippen LogP contribution in [0.4, 0.5) is 5.13 Å². The molecule has 4 heteroatoms. The molecule has 122 valence electrons. The molecule has 1 heterocycles. The number of para-hydroxylation sites is 1. The molecule has 0 atom stereocenters. The molecule has 1 amide bonds. The quantitative estimate of drug-likeness (QED) is 0.678. The molecule has 1 fully saturated rings. The van der Waals surface area contributed by atoms with Gasteiger partial charge in [0.05, 0.1) is 10.2 Å². The van der Waals surface area contributed by atoms with Gasteiger partial charge >= 0.3 is 0 Å². The fraction of sp³-hybridized carbons (Fsp3) is 0.300. The van der Waals surface area contributed by atoms with Gasteiger partial charge in [-0.25, -0.2) is 4.98 Å². The second-order valence-electron chi connectivity index (χ2n) is 6.32. The third-order valence-electron chi connectivity index (χ3n) is 4.70. The van der Waals surface area contributed by atoms with Crippen molar-refractivity contribution in [2.45, 2.75) is 25.7 Å². The van der Waals surface area contributed by atoms with Gasteiger partial charge in [-0.15, -0.1) is 0 Å². The molecule has 0 saturated heterocycles. The van der Waals surface area contributed by atoms with Gasteiger partial charge in [0, 0.05) is 12.5 Å². The highest BCUT2D eigenvalue weighted by molar-refractivity contribution is 7.22. The van der Waals surface area contributed by atoms with Crippen LogP contribution in [0, 0.1) is 5.92 Å². The molecule has 4 rings (SSSR count). The maximum atomic E-state index is 12.9. The molecule has 2 aromatic carbocycles. The predicted octanol–water partition coefficient (Wildman–Crippen LogP) is 4.67. The van der Waals surface area contributed by atoms with Crippen LogP contribution in [0.25, 0.3) is 10.2 Å². The third kappa shape index (κ3) is 3.06. The smallest absolute Gasteiger partial charge is 0.231 e. The Kier molecular flexibility index (Phi) is 4.30. The average molecular weight is 336 g/mol. The molecule has 0 N–H and O–H groups in total. The second kappa shape index (κ2) is 6.73. The summed E-state index contributed by atoms with van der Waals surface area (Å²) in [5.74, 6) is 0.434. The van der Waals surface area contributed by atoms with E-state index < -0.39 is 0 Å². The van der Waals surface area contributed by atoms with E-state index in [2.05, 4.69) is 18.2 Å². The minimum atomic E-state index is 0.188. The van der Waals surface area contributed by atoms with E-state index in [0.29, 0.717) is 6.54 Å². The molecule has 0 aliphatic heterocycles. The first-order valence-electron chi connectivity index (χ1n) is 8.52. The first-order valence-corrected chi connectivity index (χ1v) is 9.34. The maximum absolute atomic E-state index is 12.9. The number of hydrogen-bond donors (Lipinski definition) is 0. The van der Waals surface area contributed by atoms with Crippen LogP contribution in [0.2, 0.25) is 0 Å². The second-order valence-corrected chi connectivity index (χ2v) is 7.33. The van der Waals surface area contributed by atoms with Crippen molar-refractivity contribution in [1.29, 1.82) is 0 Å². The van der Waals surface area contributed by atoms with Crippen molar-refractivity contribution < 1.29 is 4.79 Å². The zero-order chi connectivity index (χ0) is 16.4. The van der Waals surface area contributed by atoms with Gasteiger partial charge in [0.2, 0.25) is 5.91 Å². The number of anilines is 1. The highest BCUT2D eigenvalue weighted by Gasteiger charge is 2.31. The van der Waals surface area contributed by atoms with Crippen molar-refractivity contribution in [2.24, 2.45) is 5.92 Å². The molecule has 1 saturated carbocycles. The number of hydrogen-bond acceptors (Lipinski definition) is 3. The summed E-state index contributed by atoms with van der Waals surface area (Å²) in [6.45, 7) is 0.694. The summed E-state index contributed by atoms with van der Waals surface area (Å²) < 4.78 is 1.14. The Labute approximate surface area is 146 Å². The Bertz CT molecular complexity index is 806. The van der Waals surface area contributed by atoms with Crippen molar-refractivity contribution in [2.75, 3.05) is 11.4 Å². The topological polar surface area (TPSA) is 33.2 Å². The summed E-state index contributed by atoms with van der Waals surface area (Å²) in [5.41, 5.74) is 2.23. The number of benzene rings is 2. The van der Waals surface area contributed by atoms with Crippen molar-refractivity contribution >= 4 is 32.6 Å². The Morgan fingerprint density at radius 1 is 1.08 bits per heavy atom. The lowest BCUT2D eigenvalue weighted by Gasteiger charge is -2.30. The molecule has 1 aliphatic rings. The number of fused-ring (bicyclic) bond motifs is 1. The van der Waals surface area contributed by atoms with E-state index in [9.17, 15) is 4.79 Å². The lowest BCUT2D eigenvalue weighted by atomic mass is 9.84. The minimum absolute atomic E-state index is 0.188. The van der Waals surface area contributed by atoms with Crippen LogP contribution < -0.4 is 4.90 Å². The molecule has 0 unspecified atom stereocenters. The SMILES string of the molecule is O=C(C1CCC1)N(CCc1ccccc1)c1nc2ccccc2s1. The van der Waals surface area contributed by atoms with Gasteiger partial charge in [-0.1, -0.05) is 60.2 Å². The van der Waals surface area contributed by atoms with Gasteiger partial charge in [-0.05, 0) is 37.0 Å². The maximum Gasteiger partial charge on any atom is 0.231 e. The predicted molar refractivity (Wildman–Crippen MR) is 99.5 cm³/mol. The molecule has 0 radical (unpaired) electrons. The number of amides is 1. The minimum Gasteiger partial charge on any atom is -0.288 e. The zero-order valence-corrected chi connectivity index (χ0v) is 14.3. The highest BCUT2D eigenvalue weighted by Crippen LogP contribution is 2.34. The summed E-state index contributed by atoms with van der Waals surface area (Å²) in [6, 6.07) is 18.4. The lowest BCUT2D eigenvalue weighted by Crippen LogP contribution is -2.40. The molecule has 3 nitrogen and oxygen atoms in total. The van der Waals surface area contributed by atoms with E-state index in [1.807, 2.05) is 41.3 Å². The van der Waals surface area contributed by atoms with E-state index in [1.54, 1.807) is 11.3 Å². The van der Waals surface area contributed by atoms with Crippen LogP contribution in [0.1, 0.15) is 24.8 Å². The largest absolute Gasteiger partial charge is 0.288 e. The number of thiazole rings is 1. The van der Waals surface area contributed by atoms with Crippen LogP contribution in [-0.4, -0.2) is 17.4 Å². The molecule has 0 bridgehead atoms. The number of carbonyl (C=O) groups is 1. The molecule has 1 aromatic heterocycles. The molecular formula is C20H20N2OS. The number of aromatic nitrogens is 1.